The maximum absolute atomic E-state index is 12.9. The van der Waals surface area contributed by atoms with E-state index in [4.69, 9.17) is 0 Å². The van der Waals surface area contributed by atoms with Gasteiger partial charge in [0.05, 0.1) is 0 Å². The number of aryl methyl sites for hydroxylation is 1. The first kappa shape index (κ1) is 11.4. The summed E-state index contributed by atoms with van der Waals surface area (Å²) < 4.78 is 17.4. The van der Waals surface area contributed by atoms with Gasteiger partial charge in [0.25, 0.3) is 0 Å². The second-order valence-electron chi connectivity index (χ2n) is 3.17. The molecule has 0 N–H and O–H groups in total. The molecule has 0 saturated carbocycles. The molecule has 0 aliphatic rings. The van der Waals surface area contributed by atoms with Gasteiger partial charge in [0.15, 0.2) is 12.4 Å². The van der Waals surface area contributed by atoms with E-state index in [1.54, 1.807) is 6.92 Å². The third-order valence-corrected chi connectivity index (χ3v) is 1.89. The quantitative estimate of drug-likeness (QED) is 0.565. The number of rotatable bonds is 3. The molecular formula is C11H11FO3. The van der Waals surface area contributed by atoms with Crippen LogP contribution in [-0.4, -0.2) is 18.4 Å². The van der Waals surface area contributed by atoms with Crippen LogP contribution >= 0.6 is 0 Å². The van der Waals surface area contributed by atoms with Gasteiger partial charge in [-0.3, -0.25) is 9.59 Å². The molecule has 0 bridgehead atoms. The highest BCUT2D eigenvalue weighted by Crippen LogP contribution is 2.09. The number of benzene rings is 1. The normalized spacial score (nSPS) is 9.80. The maximum atomic E-state index is 12.9. The van der Waals surface area contributed by atoms with Crippen LogP contribution in [0.4, 0.5) is 4.39 Å². The van der Waals surface area contributed by atoms with Crippen LogP contribution in [0.15, 0.2) is 18.2 Å². The van der Waals surface area contributed by atoms with Crippen LogP contribution in [0.2, 0.25) is 0 Å². The summed E-state index contributed by atoms with van der Waals surface area (Å²) in [5.74, 6) is -1.21. The van der Waals surface area contributed by atoms with Gasteiger partial charge in [-0.05, 0) is 30.7 Å². The van der Waals surface area contributed by atoms with Crippen LogP contribution in [0.1, 0.15) is 22.8 Å². The lowest BCUT2D eigenvalue weighted by Gasteiger charge is -2.03. The first-order valence-electron chi connectivity index (χ1n) is 4.43. The number of esters is 1. The van der Waals surface area contributed by atoms with Crippen molar-refractivity contribution < 1.29 is 18.7 Å². The molecule has 4 heteroatoms. The number of Topliss-reactive ketones (excluding diaryl/α,β-unsaturated/α-hetero) is 1. The van der Waals surface area contributed by atoms with Gasteiger partial charge < -0.3 is 4.74 Å². The van der Waals surface area contributed by atoms with Crippen LogP contribution < -0.4 is 0 Å². The Morgan fingerprint density at radius 1 is 1.40 bits per heavy atom. The molecule has 0 amide bonds. The fourth-order valence-electron chi connectivity index (χ4n) is 1.07. The molecule has 0 aromatic heterocycles. The third kappa shape index (κ3) is 3.16. The number of halogens is 1. The Bertz CT molecular complexity index is 399. The zero-order chi connectivity index (χ0) is 11.4. The van der Waals surface area contributed by atoms with Gasteiger partial charge >= 0.3 is 5.97 Å². The van der Waals surface area contributed by atoms with Crippen molar-refractivity contribution in [3.05, 3.63) is 35.1 Å². The van der Waals surface area contributed by atoms with Gasteiger partial charge in [-0.15, -0.1) is 0 Å². The summed E-state index contributed by atoms with van der Waals surface area (Å²) in [5.41, 5.74) is 0.735. The van der Waals surface area contributed by atoms with Crippen molar-refractivity contribution in [3.8, 4) is 0 Å². The van der Waals surface area contributed by atoms with E-state index in [2.05, 4.69) is 4.74 Å². The average Bonchev–Trinajstić information content (AvgIpc) is 2.18. The van der Waals surface area contributed by atoms with Gasteiger partial charge in [-0.2, -0.15) is 0 Å². The Morgan fingerprint density at radius 2 is 2.07 bits per heavy atom. The van der Waals surface area contributed by atoms with E-state index in [0.29, 0.717) is 11.1 Å². The molecule has 3 nitrogen and oxygen atoms in total. The molecule has 0 unspecified atom stereocenters. The zero-order valence-electron chi connectivity index (χ0n) is 8.54. The van der Waals surface area contributed by atoms with Crippen LogP contribution in [0.5, 0.6) is 0 Å². The summed E-state index contributed by atoms with van der Waals surface area (Å²) >= 11 is 0. The predicted molar refractivity (Wildman–Crippen MR) is 52.1 cm³/mol. The molecule has 0 aliphatic heterocycles. The Kier molecular flexibility index (Phi) is 3.55. The number of carbonyl (C=O) groups is 2. The van der Waals surface area contributed by atoms with Gasteiger partial charge in [0.1, 0.15) is 5.82 Å². The molecule has 80 valence electrons. The van der Waals surface area contributed by atoms with Crippen molar-refractivity contribution in [3.63, 3.8) is 0 Å². The van der Waals surface area contributed by atoms with E-state index in [9.17, 15) is 14.0 Å². The molecule has 0 fully saturated rings. The van der Waals surface area contributed by atoms with E-state index < -0.39 is 5.97 Å². The lowest BCUT2D eigenvalue weighted by Crippen LogP contribution is -2.12. The summed E-state index contributed by atoms with van der Waals surface area (Å²) in [4.78, 5) is 21.9. The van der Waals surface area contributed by atoms with Crippen LogP contribution in [-0.2, 0) is 9.53 Å². The maximum Gasteiger partial charge on any atom is 0.303 e. The number of hydrogen-bond donors (Lipinski definition) is 0. The minimum Gasteiger partial charge on any atom is -0.457 e. The monoisotopic (exact) mass is 210 g/mol. The standard InChI is InChI=1S/C11H11FO3/c1-7-5-9(3-4-10(7)12)11(14)6-15-8(2)13/h3-5H,6H2,1-2H3. The first-order valence-corrected chi connectivity index (χ1v) is 4.43. The van der Waals surface area contributed by atoms with E-state index in [0.717, 1.165) is 0 Å². The lowest BCUT2D eigenvalue weighted by molar-refractivity contribution is -0.139. The Morgan fingerprint density at radius 3 is 2.60 bits per heavy atom. The van der Waals surface area contributed by atoms with E-state index in [-0.39, 0.29) is 18.2 Å². The Labute approximate surface area is 86.9 Å². The molecule has 15 heavy (non-hydrogen) atoms. The Balaban J connectivity index is 2.74. The minimum atomic E-state index is -0.512. The van der Waals surface area contributed by atoms with Gasteiger partial charge in [-0.1, -0.05) is 0 Å². The minimum absolute atomic E-state index is 0.305. The number of hydrogen-bond acceptors (Lipinski definition) is 3. The average molecular weight is 210 g/mol. The number of ether oxygens (including phenoxy) is 1. The molecule has 1 aromatic rings. The largest absolute Gasteiger partial charge is 0.457 e. The number of carbonyl (C=O) groups excluding carboxylic acids is 2. The zero-order valence-corrected chi connectivity index (χ0v) is 8.54. The number of ketones is 1. The summed E-state index contributed by atoms with van der Waals surface area (Å²) in [5, 5.41) is 0. The van der Waals surface area contributed by atoms with Crippen molar-refractivity contribution in [2.24, 2.45) is 0 Å². The molecule has 0 aliphatic carbocycles. The first-order chi connectivity index (χ1) is 7.00. The second-order valence-corrected chi connectivity index (χ2v) is 3.17. The van der Waals surface area contributed by atoms with Crippen LogP contribution in [0, 0.1) is 12.7 Å². The van der Waals surface area contributed by atoms with Crippen LogP contribution in [0.25, 0.3) is 0 Å². The molecule has 0 atom stereocenters. The summed E-state index contributed by atoms with van der Waals surface area (Å²) in [6, 6.07) is 4.02. The molecule has 0 saturated heterocycles. The van der Waals surface area contributed by atoms with E-state index in [1.807, 2.05) is 0 Å². The van der Waals surface area contributed by atoms with E-state index >= 15 is 0 Å². The van der Waals surface area contributed by atoms with Crippen molar-refractivity contribution in [2.45, 2.75) is 13.8 Å². The molecule has 0 heterocycles. The Hall–Kier alpha value is -1.71. The van der Waals surface area contributed by atoms with Crippen molar-refractivity contribution in [1.82, 2.24) is 0 Å². The summed E-state index contributed by atoms with van der Waals surface area (Å²) in [6.45, 7) is 2.49. The summed E-state index contributed by atoms with van der Waals surface area (Å²) in [7, 11) is 0. The smallest absolute Gasteiger partial charge is 0.303 e. The topological polar surface area (TPSA) is 43.4 Å². The summed E-state index contributed by atoms with van der Waals surface area (Å²) in [6.07, 6.45) is 0. The molecule has 0 spiro atoms. The molecule has 1 rings (SSSR count). The van der Waals surface area contributed by atoms with Crippen molar-refractivity contribution in [1.29, 1.82) is 0 Å². The van der Waals surface area contributed by atoms with Crippen molar-refractivity contribution >= 4 is 11.8 Å². The second kappa shape index (κ2) is 4.68. The molecule has 1 aromatic carbocycles. The predicted octanol–water partition coefficient (Wildman–Crippen LogP) is 1.88. The highest BCUT2D eigenvalue weighted by Gasteiger charge is 2.09. The molecule has 0 radical (unpaired) electrons. The fraction of sp³-hybridized carbons (Fsp3) is 0.273. The highest BCUT2D eigenvalue weighted by molar-refractivity contribution is 5.98. The lowest BCUT2D eigenvalue weighted by atomic mass is 10.1. The highest BCUT2D eigenvalue weighted by atomic mass is 19.1. The fourth-order valence-corrected chi connectivity index (χ4v) is 1.07. The van der Waals surface area contributed by atoms with Gasteiger partial charge in [0, 0.05) is 12.5 Å². The van der Waals surface area contributed by atoms with Gasteiger partial charge in [0.2, 0.25) is 0 Å². The van der Waals surface area contributed by atoms with Crippen LogP contribution in [0.3, 0.4) is 0 Å². The molecular weight excluding hydrogens is 199 g/mol. The van der Waals surface area contributed by atoms with Crippen molar-refractivity contribution in [2.75, 3.05) is 6.61 Å². The van der Waals surface area contributed by atoms with E-state index in [1.165, 1.54) is 25.1 Å². The SMILES string of the molecule is CC(=O)OCC(=O)c1ccc(F)c(C)c1. The third-order valence-electron chi connectivity index (χ3n) is 1.89. The van der Waals surface area contributed by atoms with Gasteiger partial charge in [-0.25, -0.2) is 4.39 Å².